The van der Waals surface area contributed by atoms with Crippen LogP contribution < -0.4 is 0 Å². The molecule has 1 heteroatoms. The number of Topliss-reactive ketones (excluding diaryl/α,β-unsaturated/α-hetero) is 1. The Kier molecular flexibility index (Phi) is 0.961. The summed E-state index contributed by atoms with van der Waals surface area (Å²) in [5.41, 5.74) is 0. The standard InChI is InChI=1S/C8H12O/c1-5(9)7-3-2-6-4-8(6)7/h6-8H,2-4H2,1H3/t6-,7-,8+/m1/s1. The molecule has 0 aliphatic heterocycles. The van der Waals surface area contributed by atoms with Gasteiger partial charge >= 0.3 is 0 Å². The highest BCUT2D eigenvalue weighted by Crippen LogP contribution is 2.55. The Hall–Kier alpha value is -0.330. The molecule has 0 heterocycles. The maximum absolute atomic E-state index is 10.9. The Morgan fingerprint density at radius 2 is 2.22 bits per heavy atom. The molecule has 0 radical (unpaired) electrons. The first-order valence-corrected chi connectivity index (χ1v) is 3.79. The first-order chi connectivity index (χ1) is 4.29. The fourth-order valence-corrected chi connectivity index (χ4v) is 2.21. The summed E-state index contributed by atoms with van der Waals surface area (Å²) in [7, 11) is 0. The van der Waals surface area contributed by atoms with Gasteiger partial charge in [0.05, 0.1) is 0 Å². The van der Waals surface area contributed by atoms with Gasteiger partial charge in [-0.15, -0.1) is 0 Å². The van der Waals surface area contributed by atoms with Crippen molar-refractivity contribution in [3.05, 3.63) is 0 Å². The van der Waals surface area contributed by atoms with Gasteiger partial charge in [-0.25, -0.2) is 0 Å². The second-order valence-electron chi connectivity index (χ2n) is 3.45. The molecule has 0 aromatic carbocycles. The van der Waals surface area contributed by atoms with E-state index < -0.39 is 0 Å². The van der Waals surface area contributed by atoms with Crippen molar-refractivity contribution in [2.75, 3.05) is 0 Å². The van der Waals surface area contributed by atoms with Crippen molar-refractivity contribution < 1.29 is 4.79 Å². The van der Waals surface area contributed by atoms with E-state index in [2.05, 4.69) is 0 Å². The lowest BCUT2D eigenvalue weighted by molar-refractivity contribution is -0.121. The Balaban J connectivity index is 2.06. The third-order valence-corrected chi connectivity index (χ3v) is 2.86. The summed E-state index contributed by atoms with van der Waals surface area (Å²) in [5, 5.41) is 0. The highest BCUT2D eigenvalue weighted by molar-refractivity contribution is 5.79. The van der Waals surface area contributed by atoms with E-state index in [0.717, 1.165) is 11.8 Å². The van der Waals surface area contributed by atoms with Gasteiger partial charge in [-0.3, -0.25) is 4.79 Å². The first kappa shape index (κ1) is 5.45. The minimum Gasteiger partial charge on any atom is -0.300 e. The predicted molar refractivity (Wildman–Crippen MR) is 35.0 cm³/mol. The van der Waals surface area contributed by atoms with Gasteiger partial charge in [0.2, 0.25) is 0 Å². The van der Waals surface area contributed by atoms with Crippen LogP contribution in [0.1, 0.15) is 26.2 Å². The number of hydrogen-bond acceptors (Lipinski definition) is 1. The van der Waals surface area contributed by atoms with Crippen LogP contribution in [0.5, 0.6) is 0 Å². The summed E-state index contributed by atoms with van der Waals surface area (Å²) in [4.78, 5) is 10.9. The van der Waals surface area contributed by atoms with E-state index in [4.69, 9.17) is 0 Å². The minimum atomic E-state index is 0.431. The summed E-state index contributed by atoms with van der Waals surface area (Å²) >= 11 is 0. The van der Waals surface area contributed by atoms with Gasteiger partial charge in [0.25, 0.3) is 0 Å². The fraction of sp³-hybridized carbons (Fsp3) is 0.875. The van der Waals surface area contributed by atoms with Crippen LogP contribution >= 0.6 is 0 Å². The van der Waals surface area contributed by atoms with E-state index >= 15 is 0 Å². The molecule has 0 aromatic rings. The summed E-state index contributed by atoms with van der Waals surface area (Å²) in [6, 6.07) is 0. The van der Waals surface area contributed by atoms with Crippen molar-refractivity contribution in [1.82, 2.24) is 0 Å². The van der Waals surface area contributed by atoms with Gasteiger partial charge in [0.15, 0.2) is 0 Å². The van der Waals surface area contributed by atoms with Crippen LogP contribution in [0.4, 0.5) is 0 Å². The zero-order chi connectivity index (χ0) is 6.43. The quantitative estimate of drug-likeness (QED) is 0.519. The molecule has 9 heavy (non-hydrogen) atoms. The van der Waals surface area contributed by atoms with Gasteiger partial charge in [0, 0.05) is 5.92 Å². The zero-order valence-corrected chi connectivity index (χ0v) is 5.76. The van der Waals surface area contributed by atoms with Crippen LogP contribution in [0.25, 0.3) is 0 Å². The monoisotopic (exact) mass is 124 g/mol. The lowest BCUT2D eigenvalue weighted by atomic mass is 10.00. The fourth-order valence-electron chi connectivity index (χ4n) is 2.21. The molecule has 2 aliphatic carbocycles. The Morgan fingerprint density at radius 3 is 2.44 bits per heavy atom. The van der Waals surface area contributed by atoms with Crippen molar-refractivity contribution in [3.8, 4) is 0 Å². The molecule has 0 saturated heterocycles. The molecule has 0 spiro atoms. The van der Waals surface area contributed by atoms with Crippen LogP contribution in [0.15, 0.2) is 0 Å². The van der Waals surface area contributed by atoms with E-state index in [1.54, 1.807) is 6.92 Å². The number of hydrogen-bond donors (Lipinski definition) is 0. The van der Waals surface area contributed by atoms with Crippen LogP contribution in [-0.4, -0.2) is 5.78 Å². The second-order valence-corrected chi connectivity index (χ2v) is 3.45. The van der Waals surface area contributed by atoms with E-state index in [1.165, 1.54) is 19.3 Å². The molecular formula is C8H12O. The van der Waals surface area contributed by atoms with Crippen molar-refractivity contribution in [2.45, 2.75) is 26.2 Å². The number of rotatable bonds is 1. The van der Waals surface area contributed by atoms with Crippen molar-refractivity contribution in [3.63, 3.8) is 0 Å². The molecule has 1 nitrogen and oxygen atoms in total. The average molecular weight is 124 g/mol. The number of ketones is 1. The summed E-state index contributed by atoms with van der Waals surface area (Å²) < 4.78 is 0. The Bertz CT molecular complexity index is 151. The van der Waals surface area contributed by atoms with Crippen LogP contribution in [0, 0.1) is 17.8 Å². The third kappa shape index (κ3) is 0.707. The summed E-state index contributed by atoms with van der Waals surface area (Å²) in [6.45, 7) is 1.74. The minimum absolute atomic E-state index is 0.431. The summed E-state index contributed by atoms with van der Waals surface area (Å²) in [5.74, 6) is 2.68. The third-order valence-electron chi connectivity index (χ3n) is 2.86. The average Bonchev–Trinajstić information content (AvgIpc) is 2.43. The zero-order valence-electron chi connectivity index (χ0n) is 5.76. The topological polar surface area (TPSA) is 17.1 Å². The SMILES string of the molecule is CC(=O)[C@H]1CC[C@@H]2C[C@@H]21. The smallest absolute Gasteiger partial charge is 0.133 e. The predicted octanol–water partition coefficient (Wildman–Crippen LogP) is 1.62. The van der Waals surface area contributed by atoms with E-state index in [-0.39, 0.29) is 0 Å². The van der Waals surface area contributed by atoms with Crippen LogP contribution in [0.3, 0.4) is 0 Å². The maximum atomic E-state index is 10.9. The molecule has 2 saturated carbocycles. The number of carbonyl (C=O) groups is 1. The molecular weight excluding hydrogens is 112 g/mol. The molecule has 0 aromatic heterocycles. The van der Waals surface area contributed by atoms with Gasteiger partial charge in [-0.05, 0) is 38.0 Å². The lowest BCUT2D eigenvalue weighted by Crippen LogP contribution is -2.09. The van der Waals surface area contributed by atoms with Crippen LogP contribution in [-0.2, 0) is 4.79 Å². The van der Waals surface area contributed by atoms with Crippen molar-refractivity contribution in [2.24, 2.45) is 17.8 Å². The van der Waals surface area contributed by atoms with Gasteiger partial charge in [-0.2, -0.15) is 0 Å². The first-order valence-electron chi connectivity index (χ1n) is 3.79. The van der Waals surface area contributed by atoms with E-state index in [1.807, 2.05) is 0 Å². The molecule has 3 atom stereocenters. The highest BCUT2D eigenvalue weighted by Gasteiger charge is 2.49. The molecule has 0 N–H and O–H groups in total. The van der Waals surface area contributed by atoms with Gasteiger partial charge in [-0.1, -0.05) is 0 Å². The van der Waals surface area contributed by atoms with E-state index in [9.17, 15) is 4.79 Å². The molecule has 50 valence electrons. The Morgan fingerprint density at radius 1 is 1.44 bits per heavy atom. The molecule has 2 aliphatic rings. The van der Waals surface area contributed by atoms with Crippen molar-refractivity contribution in [1.29, 1.82) is 0 Å². The van der Waals surface area contributed by atoms with Crippen molar-refractivity contribution >= 4 is 5.78 Å². The van der Waals surface area contributed by atoms with Gasteiger partial charge in [0.1, 0.15) is 5.78 Å². The lowest BCUT2D eigenvalue weighted by Gasteiger charge is -2.03. The Labute approximate surface area is 55.4 Å². The molecule has 2 fully saturated rings. The summed E-state index contributed by atoms with van der Waals surface area (Å²) in [6.07, 6.45) is 3.86. The van der Waals surface area contributed by atoms with Crippen LogP contribution in [0.2, 0.25) is 0 Å². The molecule has 0 amide bonds. The highest BCUT2D eigenvalue weighted by atomic mass is 16.1. The normalized spacial score (nSPS) is 46.6. The number of fused-ring (bicyclic) bond motifs is 1. The van der Waals surface area contributed by atoms with E-state index in [0.29, 0.717) is 11.7 Å². The number of carbonyl (C=O) groups excluding carboxylic acids is 1. The molecule has 0 unspecified atom stereocenters. The molecule has 0 bridgehead atoms. The second kappa shape index (κ2) is 1.59. The maximum Gasteiger partial charge on any atom is 0.133 e. The molecule has 2 rings (SSSR count). The largest absolute Gasteiger partial charge is 0.300 e. The van der Waals surface area contributed by atoms with Gasteiger partial charge < -0.3 is 0 Å².